The van der Waals surface area contributed by atoms with Gasteiger partial charge < -0.3 is 9.47 Å². The quantitative estimate of drug-likeness (QED) is 0.693. The van der Waals surface area contributed by atoms with Crippen molar-refractivity contribution in [1.29, 1.82) is 0 Å². The first kappa shape index (κ1) is 10.0. The summed E-state index contributed by atoms with van der Waals surface area (Å²) in [6.07, 6.45) is 3.32. The van der Waals surface area contributed by atoms with Crippen LogP contribution < -0.4 is 9.47 Å². The van der Waals surface area contributed by atoms with E-state index in [4.69, 9.17) is 9.47 Å². The molecule has 0 N–H and O–H groups in total. The van der Waals surface area contributed by atoms with Crippen LogP contribution in [0.1, 0.15) is 23.2 Å². The van der Waals surface area contributed by atoms with E-state index in [1.807, 2.05) is 0 Å². The van der Waals surface area contributed by atoms with Crippen molar-refractivity contribution in [3.05, 3.63) is 23.8 Å². The lowest BCUT2D eigenvalue weighted by atomic mass is 10.2. The average molecular weight is 206 g/mol. The number of aldehydes is 1. The first-order valence-electron chi connectivity index (χ1n) is 5.09. The molecule has 0 amide bonds. The Labute approximate surface area is 89.0 Å². The third kappa shape index (κ3) is 2.49. The molecule has 2 rings (SSSR count). The van der Waals surface area contributed by atoms with E-state index in [1.165, 1.54) is 12.8 Å². The molecule has 3 heteroatoms. The van der Waals surface area contributed by atoms with Crippen LogP contribution in [-0.2, 0) is 0 Å². The lowest BCUT2D eigenvalue weighted by Crippen LogP contribution is -2.01. The van der Waals surface area contributed by atoms with Gasteiger partial charge in [-0.2, -0.15) is 0 Å². The van der Waals surface area contributed by atoms with Gasteiger partial charge in [0.05, 0.1) is 13.7 Å². The van der Waals surface area contributed by atoms with Gasteiger partial charge >= 0.3 is 0 Å². The fourth-order valence-electron chi connectivity index (χ4n) is 1.37. The molecule has 0 radical (unpaired) electrons. The van der Waals surface area contributed by atoms with Crippen molar-refractivity contribution in [2.45, 2.75) is 12.8 Å². The van der Waals surface area contributed by atoms with Crippen LogP contribution in [0.25, 0.3) is 0 Å². The van der Waals surface area contributed by atoms with Crippen LogP contribution in [0.5, 0.6) is 11.5 Å². The molecule has 0 spiro atoms. The molecule has 80 valence electrons. The second-order valence-corrected chi connectivity index (χ2v) is 3.78. The minimum absolute atomic E-state index is 0.602. The summed E-state index contributed by atoms with van der Waals surface area (Å²) >= 11 is 0. The van der Waals surface area contributed by atoms with Gasteiger partial charge in [0, 0.05) is 5.56 Å². The highest BCUT2D eigenvalue weighted by molar-refractivity contribution is 5.76. The second kappa shape index (κ2) is 4.34. The van der Waals surface area contributed by atoms with Crippen molar-refractivity contribution >= 4 is 6.29 Å². The van der Waals surface area contributed by atoms with Crippen LogP contribution in [0.15, 0.2) is 18.2 Å². The van der Waals surface area contributed by atoms with Crippen molar-refractivity contribution in [1.82, 2.24) is 0 Å². The van der Waals surface area contributed by atoms with E-state index in [0.29, 0.717) is 17.2 Å². The molecule has 0 saturated heterocycles. The predicted octanol–water partition coefficient (Wildman–Crippen LogP) is 2.30. The molecule has 1 saturated carbocycles. The SMILES string of the molecule is COc1cc(C=O)ccc1OCC1CC1. The van der Waals surface area contributed by atoms with Crippen LogP contribution in [0, 0.1) is 5.92 Å². The fraction of sp³-hybridized carbons (Fsp3) is 0.417. The summed E-state index contributed by atoms with van der Waals surface area (Å²) in [5, 5.41) is 0. The average Bonchev–Trinajstić information content (AvgIpc) is 3.10. The number of hydrogen-bond donors (Lipinski definition) is 0. The predicted molar refractivity (Wildman–Crippen MR) is 56.6 cm³/mol. The van der Waals surface area contributed by atoms with Gasteiger partial charge in [0.1, 0.15) is 6.29 Å². The van der Waals surface area contributed by atoms with Gasteiger partial charge in [0.2, 0.25) is 0 Å². The largest absolute Gasteiger partial charge is 0.493 e. The number of rotatable bonds is 5. The molecule has 0 bridgehead atoms. The van der Waals surface area contributed by atoms with Gasteiger partial charge in [-0.05, 0) is 37.0 Å². The second-order valence-electron chi connectivity index (χ2n) is 3.78. The molecular formula is C12H14O3. The number of carbonyl (C=O) groups is 1. The zero-order valence-electron chi connectivity index (χ0n) is 8.73. The van der Waals surface area contributed by atoms with Gasteiger partial charge in [-0.1, -0.05) is 0 Å². The highest BCUT2D eigenvalue weighted by atomic mass is 16.5. The van der Waals surface area contributed by atoms with E-state index in [9.17, 15) is 4.79 Å². The monoisotopic (exact) mass is 206 g/mol. The van der Waals surface area contributed by atoms with E-state index in [1.54, 1.807) is 25.3 Å². The summed E-state index contributed by atoms with van der Waals surface area (Å²) in [5.74, 6) is 2.05. The Kier molecular flexibility index (Phi) is 2.90. The zero-order chi connectivity index (χ0) is 10.7. The fourth-order valence-corrected chi connectivity index (χ4v) is 1.37. The number of hydrogen-bond acceptors (Lipinski definition) is 3. The number of carbonyl (C=O) groups excluding carboxylic acids is 1. The van der Waals surface area contributed by atoms with Crippen LogP contribution in [0.4, 0.5) is 0 Å². The first-order chi connectivity index (χ1) is 7.33. The van der Waals surface area contributed by atoms with Crippen LogP contribution >= 0.6 is 0 Å². The molecule has 15 heavy (non-hydrogen) atoms. The Morgan fingerprint density at radius 2 is 2.20 bits per heavy atom. The molecular weight excluding hydrogens is 192 g/mol. The first-order valence-corrected chi connectivity index (χ1v) is 5.09. The normalized spacial score (nSPS) is 14.7. The summed E-state index contributed by atoms with van der Waals surface area (Å²) in [6, 6.07) is 5.21. The summed E-state index contributed by atoms with van der Waals surface area (Å²) in [6.45, 7) is 0.747. The Hall–Kier alpha value is -1.51. The minimum atomic E-state index is 0.602. The summed E-state index contributed by atoms with van der Waals surface area (Å²) in [5.41, 5.74) is 0.602. The maximum absolute atomic E-state index is 10.6. The number of methoxy groups -OCH3 is 1. The molecule has 0 aliphatic heterocycles. The smallest absolute Gasteiger partial charge is 0.161 e. The van der Waals surface area contributed by atoms with Gasteiger partial charge in [0.25, 0.3) is 0 Å². The highest BCUT2D eigenvalue weighted by Crippen LogP contribution is 2.32. The Bertz CT molecular complexity index is 356. The van der Waals surface area contributed by atoms with Crippen LogP contribution in [0.2, 0.25) is 0 Å². The van der Waals surface area contributed by atoms with E-state index in [2.05, 4.69) is 0 Å². The number of ether oxygens (including phenoxy) is 2. The molecule has 0 atom stereocenters. The van der Waals surface area contributed by atoms with Gasteiger partial charge in [0.15, 0.2) is 11.5 Å². The van der Waals surface area contributed by atoms with Crippen LogP contribution in [-0.4, -0.2) is 20.0 Å². The van der Waals surface area contributed by atoms with Crippen molar-refractivity contribution in [2.75, 3.05) is 13.7 Å². The van der Waals surface area contributed by atoms with E-state index < -0.39 is 0 Å². The van der Waals surface area contributed by atoms with Gasteiger partial charge in [-0.15, -0.1) is 0 Å². The maximum atomic E-state index is 10.6. The Morgan fingerprint density at radius 1 is 1.40 bits per heavy atom. The van der Waals surface area contributed by atoms with E-state index in [-0.39, 0.29) is 0 Å². The third-order valence-corrected chi connectivity index (χ3v) is 2.50. The third-order valence-electron chi connectivity index (χ3n) is 2.50. The summed E-state index contributed by atoms with van der Waals surface area (Å²) < 4.78 is 10.8. The zero-order valence-corrected chi connectivity index (χ0v) is 8.73. The van der Waals surface area contributed by atoms with E-state index in [0.717, 1.165) is 18.6 Å². The molecule has 1 aromatic rings. The summed E-state index contributed by atoms with van der Waals surface area (Å²) in [4.78, 5) is 10.6. The van der Waals surface area contributed by atoms with Gasteiger partial charge in [-0.25, -0.2) is 0 Å². The van der Waals surface area contributed by atoms with Crippen molar-refractivity contribution in [3.8, 4) is 11.5 Å². The standard InChI is InChI=1S/C12H14O3/c1-14-12-6-10(7-13)4-5-11(12)15-8-9-2-3-9/h4-7,9H,2-3,8H2,1H3. The molecule has 0 unspecified atom stereocenters. The molecule has 1 aliphatic carbocycles. The van der Waals surface area contributed by atoms with Crippen molar-refractivity contribution < 1.29 is 14.3 Å². The number of benzene rings is 1. The highest BCUT2D eigenvalue weighted by Gasteiger charge is 2.22. The lowest BCUT2D eigenvalue weighted by Gasteiger charge is -2.10. The van der Waals surface area contributed by atoms with Crippen molar-refractivity contribution in [2.24, 2.45) is 5.92 Å². The molecule has 0 heterocycles. The Balaban J connectivity index is 2.09. The van der Waals surface area contributed by atoms with Crippen molar-refractivity contribution in [3.63, 3.8) is 0 Å². The van der Waals surface area contributed by atoms with Crippen LogP contribution in [0.3, 0.4) is 0 Å². The lowest BCUT2D eigenvalue weighted by molar-refractivity contribution is 0.112. The molecule has 0 aromatic heterocycles. The maximum Gasteiger partial charge on any atom is 0.161 e. The summed E-state index contributed by atoms with van der Waals surface area (Å²) in [7, 11) is 1.58. The molecule has 1 fully saturated rings. The Morgan fingerprint density at radius 3 is 2.80 bits per heavy atom. The minimum Gasteiger partial charge on any atom is -0.493 e. The molecule has 1 aliphatic rings. The molecule has 3 nitrogen and oxygen atoms in total. The van der Waals surface area contributed by atoms with E-state index >= 15 is 0 Å². The topological polar surface area (TPSA) is 35.5 Å². The van der Waals surface area contributed by atoms with Gasteiger partial charge in [-0.3, -0.25) is 4.79 Å². The molecule has 1 aromatic carbocycles.